The van der Waals surface area contributed by atoms with Gasteiger partial charge in [-0.1, -0.05) is 12.1 Å². The molecule has 5 heteroatoms. The Bertz CT molecular complexity index is 635. The van der Waals surface area contributed by atoms with E-state index >= 15 is 0 Å². The summed E-state index contributed by atoms with van der Waals surface area (Å²) >= 11 is 0. The smallest absolute Gasteiger partial charge is 0.133 e. The lowest BCUT2D eigenvalue weighted by Gasteiger charge is -2.30. The highest BCUT2D eigenvalue weighted by Crippen LogP contribution is 2.46. The maximum Gasteiger partial charge on any atom is 0.133 e. The zero-order valence-corrected chi connectivity index (χ0v) is 10.5. The van der Waals surface area contributed by atoms with Crippen LogP contribution in [0, 0.1) is 0 Å². The zero-order valence-electron chi connectivity index (χ0n) is 10.5. The standard InChI is InChI=1S/C15H14O5/c16-9-3-1-8(2-4-9)13-7-12(19)15-11(18)5-10(17)6-14(15)20-13/h1-6,12-13,16-19H,7H2/t12-,13?/m0/s1. The molecule has 1 aliphatic rings. The van der Waals surface area contributed by atoms with Gasteiger partial charge in [0.2, 0.25) is 0 Å². The van der Waals surface area contributed by atoms with Crippen molar-refractivity contribution in [2.45, 2.75) is 18.6 Å². The van der Waals surface area contributed by atoms with Crippen LogP contribution in [0.4, 0.5) is 0 Å². The van der Waals surface area contributed by atoms with E-state index in [1.54, 1.807) is 24.3 Å². The molecule has 0 aliphatic carbocycles. The number of aromatic hydroxyl groups is 3. The highest BCUT2D eigenvalue weighted by Gasteiger charge is 2.31. The largest absolute Gasteiger partial charge is 0.508 e. The molecule has 0 spiro atoms. The number of rotatable bonds is 1. The van der Waals surface area contributed by atoms with E-state index in [0.29, 0.717) is 0 Å². The lowest BCUT2D eigenvalue weighted by Crippen LogP contribution is -2.19. The first kappa shape index (κ1) is 12.6. The van der Waals surface area contributed by atoms with E-state index in [1.807, 2.05) is 0 Å². The van der Waals surface area contributed by atoms with Gasteiger partial charge in [0.15, 0.2) is 0 Å². The summed E-state index contributed by atoms with van der Waals surface area (Å²) in [4.78, 5) is 0. The molecule has 1 aliphatic heterocycles. The average molecular weight is 274 g/mol. The SMILES string of the molecule is Oc1ccc(C2C[C@H](O)c3c(O)cc(O)cc3O2)cc1. The molecular weight excluding hydrogens is 260 g/mol. The van der Waals surface area contributed by atoms with Crippen molar-refractivity contribution in [3.8, 4) is 23.0 Å². The second-order valence-corrected chi connectivity index (χ2v) is 4.83. The molecule has 0 saturated heterocycles. The highest BCUT2D eigenvalue weighted by molar-refractivity contribution is 5.52. The lowest BCUT2D eigenvalue weighted by molar-refractivity contribution is 0.0631. The van der Waals surface area contributed by atoms with Gasteiger partial charge in [0.05, 0.1) is 11.7 Å². The molecule has 0 saturated carbocycles. The van der Waals surface area contributed by atoms with E-state index in [4.69, 9.17) is 4.74 Å². The average Bonchev–Trinajstić information content (AvgIpc) is 2.38. The number of hydrogen-bond donors (Lipinski definition) is 4. The second kappa shape index (κ2) is 4.61. The van der Waals surface area contributed by atoms with Gasteiger partial charge in [-0.2, -0.15) is 0 Å². The van der Waals surface area contributed by atoms with Crippen LogP contribution in [0.5, 0.6) is 23.0 Å². The molecule has 0 radical (unpaired) electrons. The predicted octanol–water partition coefficient (Wildman–Crippen LogP) is 2.36. The molecule has 0 fully saturated rings. The van der Waals surface area contributed by atoms with Crippen LogP contribution >= 0.6 is 0 Å². The van der Waals surface area contributed by atoms with Crippen LogP contribution in [0.15, 0.2) is 36.4 Å². The van der Waals surface area contributed by atoms with Gasteiger partial charge in [0.25, 0.3) is 0 Å². The molecular formula is C15H14O5. The van der Waals surface area contributed by atoms with Crippen molar-refractivity contribution in [2.75, 3.05) is 0 Å². The van der Waals surface area contributed by atoms with Gasteiger partial charge in [0.1, 0.15) is 29.1 Å². The Labute approximate surface area is 115 Å². The third-order valence-corrected chi connectivity index (χ3v) is 3.41. The molecule has 104 valence electrons. The first-order valence-corrected chi connectivity index (χ1v) is 6.24. The number of phenolic OH excluding ortho intramolecular Hbond substituents is 3. The predicted molar refractivity (Wildman–Crippen MR) is 70.8 cm³/mol. The minimum atomic E-state index is -0.877. The van der Waals surface area contributed by atoms with E-state index in [9.17, 15) is 20.4 Å². The second-order valence-electron chi connectivity index (χ2n) is 4.83. The first-order chi connectivity index (χ1) is 9.54. The van der Waals surface area contributed by atoms with E-state index < -0.39 is 12.2 Å². The summed E-state index contributed by atoms with van der Waals surface area (Å²) in [7, 11) is 0. The molecule has 0 bridgehead atoms. The van der Waals surface area contributed by atoms with E-state index in [2.05, 4.69) is 0 Å². The molecule has 3 rings (SSSR count). The molecule has 20 heavy (non-hydrogen) atoms. The Hall–Kier alpha value is -2.40. The minimum Gasteiger partial charge on any atom is -0.508 e. The van der Waals surface area contributed by atoms with Crippen molar-refractivity contribution in [3.05, 3.63) is 47.5 Å². The highest BCUT2D eigenvalue weighted by atomic mass is 16.5. The van der Waals surface area contributed by atoms with Crippen LogP contribution in [-0.2, 0) is 0 Å². The monoisotopic (exact) mass is 274 g/mol. The maximum absolute atomic E-state index is 10.1. The zero-order chi connectivity index (χ0) is 14.3. The topological polar surface area (TPSA) is 90.2 Å². The van der Waals surface area contributed by atoms with E-state index in [1.165, 1.54) is 12.1 Å². The van der Waals surface area contributed by atoms with Gasteiger partial charge < -0.3 is 25.2 Å². The quantitative estimate of drug-likeness (QED) is 0.641. The van der Waals surface area contributed by atoms with Crippen molar-refractivity contribution in [2.24, 2.45) is 0 Å². The van der Waals surface area contributed by atoms with Crippen LogP contribution in [-0.4, -0.2) is 20.4 Å². The van der Waals surface area contributed by atoms with Crippen molar-refractivity contribution >= 4 is 0 Å². The fourth-order valence-corrected chi connectivity index (χ4v) is 2.45. The Morgan fingerprint density at radius 2 is 1.65 bits per heavy atom. The lowest BCUT2D eigenvalue weighted by atomic mass is 9.94. The first-order valence-electron chi connectivity index (χ1n) is 6.24. The molecule has 1 heterocycles. The minimum absolute atomic E-state index is 0.125. The fourth-order valence-electron chi connectivity index (χ4n) is 2.45. The normalized spacial score (nSPS) is 21.1. The van der Waals surface area contributed by atoms with Crippen LogP contribution in [0.25, 0.3) is 0 Å². The third kappa shape index (κ3) is 2.12. The summed E-state index contributed by atoms with van der Waals surface area (Å²) < 4.78 is 5.73. The number of hydrogen-bond acceptors (Lipinski definition) is 5. The molecule has 1 unspecified atom stereocenters. The van der Waals surface area contributed by atoms with Gasteiger partial charge >= 0.3 is 0 Å². The van der Waals surface area contributed by atoms with Crippen molar-refractivity contribution in [1.29, 1.82) is 0 Å². The number of aliphatic hydroxyl groups excluding tert-OH is 1. The van der Waals surface area contributed by atoms with E-state index in [0.717, 1.165) is 5.56 Å². The van der Waals surface area contributed by atoms with Gasteiger partial charge in [-0.15, -0.1) is 0 Å². The van der Waals surface area contributed by atoms with Gasteiger partial charge in [-0.05, 0) is 17.7 Å². The molecule has 2 aromatic rings. The summed E-state index contributed by atoms with van der Waals surface area (Å²) in [5, 5.41) is 38.7. The molecule has 5 nitrogen and oxygen atoms in total. The maximum atomic E-state index is 10.1. The Balaban J connectivity index is 1.98. The summed E-state index contributed by atoms with van der Waals surface area (Å²) in [6.07, 6.45) is -0.992. The summed E-state index contributed by atoms with van der Waals surface area (Å²) in [6.45, 7) is 0. The molecule has 0 aromatic heterocycles. The van der Waals surface area contributed by atoms with Crippen LogP contribution in [0.3, 0.4) is 0 Å². The van der Waals surface area contributed by atoms with Gasteiger partial charge in [-0.3, -0.25) is 0 Å². The molecule has 0 amide bonds. The van der Waals surface area contributed by atoms with Gasteiger partial charge in [-0.25, -0.2) is 0 Å². The Morgan fingerprint density at radius 1 is 0.950 bits per heavy atom. The fraction of sp³-hybridized carbons (Fsp3) is 0.200. The number of phenols is 3. The number of benzene rings is 2. The molecule has 2 aromatic carbocycles. The Kier molecular flexibility index (Phi) is 2.91. The van der Waals surface area contributed by atoms with Crippen LogP contribution in [0.2, 0.25) is 0 Å². The van der Waals surface area contributed by atoms with Crippen LogP contribution < -0.4 is 4.74 Å². The molecule has 2 atom stereocenters. The number of aliphatic hydroxyl groups is 1. The molecule has 4 N–H and O–H groups in total. The summed E-state index contributed by atoms with van der Waals surface area (Å²) in [5.41, 5.74) is 1.09. The number of ether oxygens (including phenoxy) is 1. The van der Waals surface area contributed by atoms with Crippen molar-refractivity contribution < 1.29 is 25.2 Å². The van der Waals surface area contributed by atoms with E-state index in [-0.39, 0.29) is 35.0 Å². The summed E-state index contributed by atoms with van der Waals surface area (Å²) in [6, 6.07) is 9.04. The van der Waals surface area contributed by atoms with Crippen LogP contribution in [0.1, 0.15) is 29.8 Å². The van der Waals surface area contributed by atoms with Crippen molar-refractivity contribution in [1.82, 2.24) is 0 Å². The number of fused-ring (bicyclic) bond motifs is 1. The van der Waals surface area contributed by atoms with Gasteiger partial charge in [0, 0.05) is 18.6 Å². The van der Waals surface area contributed by atoms with Crippen molar-refractivity contribution in [3.63, 3.8) is 0 Å². The summed E-state index contributed by atoms with van der Waals surface area (Å²) in [5.74, 6) is 0.108. The third-order valence-electron chi connectivity index (χ3n) is 3.41. The Morgan fingerprint density at radius 3 is 2.35 bits per heavy atom.